The SMILES string of the molecule is C=CCC(CC)(CC)CC(=O)NCCn1ncc2c(C(=O)NCc3c(CCC)cc(C)[nH]c3=O)cc(-c3ccc(N4CCN(C(C)C)CC4)nc3)cc21. The summed E-state index contributed by atoms with van der Waals surface area (Å²) in [4.78, 5) is 52.5. The van der Waals surface area contributed by atoms with E-state index in [1.165, 1.54) is 0 Å². The van der Waals surface area contributed by atoms with Gasteiger partial charge in [-0.15, -0.1) is 6.58 Å². The maximum absolute atomic E-state index is 14.0. The molecule has 0 radical (unpaired) electrons. The third-order valence-corrected chi connectivity index (χ3v) is 11.0. The van der Waals surface area contributed by atoms with Crippen LogP contribution in [0.15, 0.2) is 60.2 Å². The lowest BCUT2D eigenvalue weighted by Gasteiger charge is -2.37. The average molecular weight is 723 g/mol. The van der Waals surface area contributed by atoms with E-state index in [-0.39, 0.29) is 29.3 Å². The van der Waals surface area contributed by atoms with Crippen molar-refractivity contribution in [2.75, 3.05) is 37.6 Å². The number of aromatic nitrogens is 4. The maximum atomic E-state index is 14.0. The highest BCUT2D eigenvalue weighted by atomic mass is 16.2. The van der Waals surface area contributed by atoms with Gasteiger partial charge >= 0.3 is 0 Å². The molecule has 284 valence electrons. The van der Waals surface area contributed by atoms with Crippen molar-refractivity contribution in [3.63, 3.8) is 0 Å². The smallest absolute Gasteiger partial charge is 0.253 e. The Morgan fingerprint density at radius 3 is 2.42 bits per heavy atom. The fraction of sp³-hybridized carbons (Fsp3) is 0.500. The van der Waals surface area contributed by atoms with Crippen LogP contribution in [0.5, 0.6) is 0 Å². The van der Waals surface area contributed by atoms with E-state index in [2.05, 4.69) is 83.8 Å². The number of anilines is 1. The number of allylic oxidation sites excluding steroid dienone is 1. The molecular formula is C42H58N8O3. The molecule has 1 saturated heterocycles. The van der Waals surface area contributed by atoms with Crippen molar-refractivity contribution in [1.82, 2.24) is 35.3 Å². The summed E-state index contributed by atoms with van der Waals surface area (Å²) in [5.74, 6) is 0.655. The molecule has 0 spiro atoms. The number of benzene rings is 1. The van der Waals surface area contributed by atoms with Crippen LogP contribution in [0.4, 0.5) is 5.82 Å². The largest absolute Gasteiger partial charge is 0.354 e. The Labute approximate surface area is 314 Å². The second-order valence-electron chi connectivity index (χ2n) is 14.8. The van der Waals surface area contributed by atoms with E-state index in [1.54, 1.807) is 6.20 Å². The van der Waals surface area contributed by atoms with E-state index in [0.29, 0.717) is 42.1 Å². The van der Waals surface area contributed by atoms with Crippen molar-refractivity contribution in [2.24, 2.45) is 5.41 Å². The zero-order valence-electron chi connectivity index (χ0n) is 32.6. The predicted molar refractivity (Wildman–Crippen MR) is 214 cm³/mol. The summed E-state index contributed by atoms with van der Waals surface area (Å²) < 4.78 is 1.84. The number of nitrogens with zero attached hydrogens (tertiary/aromatic N) is 5. The van der Waals surface area contributed by atoms with Gasteiger partial charge in [0.15, 0.2) is 0 Å². The van der Waals surface area contributed by atoms with Gasteiger partial charge in [0.1, 0.15) is 5.82 Å². The predicted octanol–water partition coefficient (Wildman–Crippen LogP) is 6.40. The highest BCUT2D eigenvalue weighted by molar-refractivity contribution is 6.08. The minimum absolute atomic E-state index is 0.0121. The van der Waals surface area contributed by atoms with Crippen LogP contribution in [-0.4, -0.2) is 75.2 Å². The molecule has 1 aliphatic rings. The second kappa shape index (κ2) is 17.8. The van der Waals surface area contributed by atoms with Gasteiger partial charge in [-0.3, -0.25) is 24.0 Å². The molecule has 0 aliphatic carbocycles. The Morgan fingerprint density at radius 2 is 1.77 bits per heavy atom. The van der Waals surface area contributed by atoms with E-state index < -0.39 is 0 Å². The standard InChI is InChI=1S/C42H58N8O3/c1-8-12-31-22-30(7)47-41(53)35(31)27-45-40(52)34-23-33(32-13-14-38(44-26-32)49-20-18-48(19-21-49)29(5)6)24-37-36(34)28-46-50(37)17-16-43-39(51)25-42(10-3,11-4)15-9-2/h9,13-14,22-24,26,28-29H,2,8,10-12,15-21,25,27H2,1,3-7H3,(H,43,51)(H,45,52)(H,47,53). The number of carbonyl (C=O) groups is 2. The number of fused-ring (bicyclic) bond motifs is 1. The first-order valence-electron chi connectivity index (χ1n) is 19.3. The zero-order valence-corrected chi connectivity index (χ0v) is 32.6. The third-order valence-electron chi connectivity index (χ3n) is 11.0. The summed E-state index contributed by atoms with van der Waals surface area (Å²) in [7, 11) is 0. The van der Waals surface area contributed by atoms with E-state index in [9.17, 15) is 14.4 Å². The molecule has 3 aromatic heterocycles. The summed E-state index contributed by atoms with van der Waals surface area (Å²) in [6, 6.07) is 10.5. The van der Waals surface area contributed by atoms with Crippen LogP contribution in [0, 0.1) is 12.3 Å². The van der Waals surface area contributed by atoms with Gasteiger partial charge in [-0.2, -0.15) is 5.10 Å². The number of H-pyrrole nitrogens is 1. The molecule has 0 bridgehead atoms. The van der Waals surface area contributed by atoms with Crippen molar-refractivity contribution < 1.29 is 9.59 Å². The first-order chi connectivity index (χ1) is 25.5. The van der Waals surface area contributed by atoms with Crippen LogP contribution < -0.4 is 21.1 Å². The summed E-state index contributed by atoms with van der Waals surface area (Å²) >= 11 is 0. The molecule has 0 saturated carbocycles. The number of aromatic amines is 1. The normalized spacial score (nSPS) is 13.8. The van der Waals surface area contributed by atoms with Crippen molar-refractivity contribution in [1.29, 1.82) is 0 Å². The fourth-order valence-electron chi connectivity index (χ4n) is 7.53. The number of aryl methyl sites for hydroxylation is 2. The first-order valence-corrected chi connectivity index (χ1v) is 19.3. The number of hydrogen-bond acceptors (Lipinski definition) is 7. The number of carbonyl (C=O) groups excluding carboxylic acids is 2. The first kappa shape index (κ1) is 39.4. The number of rotatable bonds is 17. The number of nitrogens with one attached hydrogen (secondary N) is 3. The van der Waals surface area contributed by atoms with E-state index in [1.807, 2.05) is 42.1 Å². The summed E-state index contributed by atoms with van der Waals surface area (Å²) in [6.45, 7) is 21.4. The van der Waals surface area contributed by atoms with Crippen LogP contribution in [0.2, 0.25) is 0 Å². The van der Waals surface area contributed by atoms with E-state index in [0.717, 1.165) is 92.0 Å². The molecule has 3 N–H and O–H groups in total. The molecule has 11 nitrogen and oxygen atoms in total. The van der Waals surface area contributed by atoms with E-state index >= 15 is 0 Å². The third kappa shape index (κ3) is 9.43. The highest BCUT2D eigenvalue weighted by Crippen LogP contribution is 2.35. The molecule has 53 heavy (non-hydrogen) atoms. The summed E-state index contributed by atoms with van der Waals surface area (Å²) in [5, 5.41) is 11.5. The van der Waals surface area contributed by atoms with Gasteiger partial charge in [-0.05, 0) is 93.3 Å². The molecule has 4 heterocycles. The highest BCUT2D eigenvalue weighted by Gasteiger charge is 2.28. The summed E-state index contributed by atoms with van der Waals surface area (Å²) in [6.07, 6.45) is 10.2. The van der Waals surface area contributed by atoms with Crippen molar-refractivity contribution in [2.45, 2.75) is 99.2 Å². The van der Waals surface area contributed by atoms with Crippen LogP contribution >= 0.6 is 0 Å². The lowest BCUT2D eigenvalue weighted by molar-refractivity contribution is -0.123. The lowest BCUT2D eigenvalue weighted by Crippen LogP contribution is -2.49. The van der Waals surface area contributed by atoms with Gasteiger partial charge < -0.3 is 20.5 Å². The van der Waals surface area contributed by atoms with Gasteiger partial charge in [0.2, 0.25) is 5.91 Å². The molecular weight excluding hydrogens is 665 g/mol. The van der Waals surface area contributed by atoms with Gasteiger partial charge in [0.05, 0.1) is 23.8 Å². The number of hydrogen-bond donors (Lipinski definition) is 3. The monoisotopic (exact) mass is 722 g/mol. The number of pyridine rings is 2. The molecule has 2 amide bonds. The summed E-state index contributed by atoms with van der Waals surface area (Å²) in [5.41, 5.74) is 4.99. The van der Waals surface area contributed by atoms with Crippen LogP contribution in [-0.2, 0) is 24.3 Å². The lowest BCUT2D eigenvalue weighted by atomic mass is 9.76. The van der Waals surface area contributed by atoms with Gasteiger partial charge in [-0.1, -0.05) is 33.3 Å². The Balaban J connectivity index is 1.41. The molecule has 0 atom stereocenters. The average Bonchev–Trinajstić information content (AvgIpc) is 3.56. The molecule has 5 rings (SSSR count). The second-order valence-corrected chi connectivity index (χ2v) is 14.8. The Bertz CT molecular complexity index is 1930. The molecule has 0 unspecified atom stereocenters. The maximum Gasteiger partial charge on any atom is 0.253 e. The fourth-order valence-corrected chi connectivity index (χ4v) is 7.53. The minimum atomic E-state index is -0.294. The van der Waals surface area contributed by atoms with Crippen LogP contribution in [0.25, 0.3) is 22.0 Å². The van der Waals surface area contributed by atoms with Crippen molar-refractivity contribution in [3.05, 3.63) is 88.1 Å². The molecule has 1 fully saturated rings. The zero-order chi connectivity index (χ0) is 38.1. The van der Waals surface area contributed by atoms with Gasteiger partial charge in [0.25, 0.3) is 11.5 Å². The minimum Gasteiger partial charge on any atom is -0.354 e. The molecule has 1 aliphatic heterocycles. The Kier molecular flexibility index (Phi) is 13.3. The number of amides is 2. The molecule has 4 aromatic rings. The topological polar surface area (TPSA) is 128 Å². The quantitative estimate of drug-likeness (QED) is 0.108. The van der Waals surface area contributed by atoms with Crippen LogP contribution in [0.1, 0.15) is 93.9 Å². The number of piperazine rings is 1. The van der Waals surface area contributed by atoms with Crippen molar-refractivity contribution >= 4 is 28.5 Å². The van der Waals surface area contributed by atoms with Gasteiger partial charge in [-0.25, -0.2) is 4.98 Å². The van der Waals surface area contributed by atoms with Gasteiger partial charge in [0, 0.05) is 80.1 Å². The Morgan fingerprint density at radius 1 is 1.02 bits per heavy atom. The van der Waals surface area contributed by atoms with Crippen LogP contribution in [0.3, 0.4) is 0 Å². The van der Waals surface area contributed by atoms with E-state index in [4.69, 9.17) is 4.98 Å². The Hall–Kier alpha value is -4.77. The molecule has 1 aromatic carbocycles. The molecule has 11 heteroatoms. The van der Waals surface area contributed by atoms with Crippen molar-refractivity contribution in [3.8, 4) is 11.1 Å².